The van der Waals surface area contributed by atoms with Gasteiger partial charge in [-0.15, -0.1) is 0 Å². The Morgan fingerprint density at radius 2 is 0.909 bits per heavy atom. The standard InChI is InChI=1S/C45H80N10O11/c1-19-25(4)30(48-35(62)40(7,8)51-32(59)29(24(2)3)47-36(63)42(11,12)53-37(64)43(13,14)49-27(6)57)33(60)52-44(15,16)38(65)54-41(9,10)34(61)46-26(5)31(58)50-45(17,18)39(66)55-22-20-21-28(55)23-56/h24-26,28-30,56H,19-23H2,1-18H3,(H,46,61)(H,47,63)(H,48,62)(H,49,57)(H,50,58)(H,51,59)(H,52,60)(H,53,64)(H,54,65). The van der Waals surface area contributed by atoms with E-state index in [1.165, 1.54) is 102 Å². The lowest BCUT2D eigenvalue weighted by Crippen LogP contribution is -2.67. The summed E-state index contributed by atoms with van der Waals surface area (Å²) < 4.78 is 0. The van der Waals surface area contributed by atoms with Crippen molar-refractivity contribution < 1.29 is 53.1 Å². The highest BCUT2D eigenvalue weighted by molar-refractivity contribution is 6.01. The number of rotatable bonds is 22. The summed E-state index contributed by atoms with van der Waals surface area (Å²) in [5.41, 5.74) is -9.14. The summed E-state index contributed by atoms with van der Waals surface area (Å²) >= 11 is 0. The lowest BCUT2D eigenvalue weighted by Gasteiger charge is -2.36. The van der Waals surface area contributed by atoms with Crippen LogP contribution in [0.2, 0.25) is 0 Å². The van der Waals surface area contributed by atoms with E-state index in [9.17, 15) is 53.1 Å². The Bertz CT molecular complexity index is 1860. The number of carbonyl (C=O) groups excluding carboxylic acids is 10. The molecule has 10 amide bonds. The number of carbonyl (C=O) groups is 10. The number of hydrogen-bond acceptors (Lipinski definition) is 11. The van der Waals surface area contributed by atoms with Crippen molar-refractivity contribution in [3.8, 4) is 0 Å². The molecule has 10 N–H and O–H groups in total. The molecule has 66 heavy (non-hydrogen) atoms. The van der Waals surface area contributed by atoms with Gasteiger partial charge >= 0.3 is 0 Å². The fourth-order valence-electron chi connectivity index (χ4n) is 6.82. The van der Waals surface area contributed by atoms with E-state index >= 15 is 0 Å². The summed E-state index contributed by atoms with van der Waals surface area (Å²) in [4.78, 5) is 135. The monoisotopic (exact) mass is 937 g/mol. The highest BCUT2D eigenvalue weighted by Gasteiger charge is 2.44. The number of likely N-dealkylation sites (tertiary alicyclic amines) is 1. The van der Waals surface area contributed by atoms with Crippen LogP contribution in [0.1, 0.15) is 144 Å². The third-order valence-electron chi connectivity index (χ3n) is 11.6. The first kappa shape index (κ1) is 58.7. The van der Waals surface area contributed by atoms with Crippen LogP contribution < -0.4 is 47.9 Å². The molecule has 1 saturated heterocycles. The van der Waals surface area contributed by atoms with Crippen molar-refractivity contribution in [1.82, 2.24) is 52.8 Å². The van der Waals surface area contributed by atoms with Crippen LogP contribution in [0.4, 0.5) is 0 Å². The molecule has 0 radical (unpaired) electrons. The second-order valence-corrected chi connectivity index (χ2v) is 21.0. The summed E-state index contributed by atoms with van der Waals surface area (Å²) in [5, 5.41) is 33.3. The zero-order valence-electron chi connectivity index (χ0n) is 42.5. The second kappa shape index (κ2) is 22.4. The number of nitrogens with zero attached hydrogens (tertiary/aromatic N) is 1. The van der Waals surface area contributed by atoms with E-state index in [1.54, 1.807) is 27.7 Å². The number of nitrogens with one attached hydrogen (secondary N) is 9. The van der Waals surface area contributed by atoms with Gasteiger partial charge in [0.25, 0.3) is 0 Å². The summed E-state index contributed by atoms with van der Waals surface area (Å²) in [7, 11) is 0. The van der Waals surface area contributed by atoms with E-state index < -0.39 is 116 Å². The maximum Gasteiger partial charge on any atom is 0.248 e. The fraction of sp³-hybridized carbons (Fsp3) is 0.778. The molecule has 1 fully saturated rings. The maximum absolute atomic E-state index is 13.9. The van der Waals surface area contributed by atoms with Crippen molar-refractivity contribution >= 4 is 59.1 Å². The van der Waals surface area contributed by atoms with E-state index in [2.05, 4.69) is 47.9 Å². The van der Waals surface area contributed by atoms with Gasteiger partial charge in [0, 0.05) is 13.5 Å². The van der Waals surface area contributed by atoms with Crippen LogP contribution in [0.3, 0.4) is 0 Å². The minimum atomic E-state index is -1.65. The molecule has 5 unspecified atom stereocenters. The van der Waals surface area contributed by atoms with Crippen molar-refractivity contribution in [1.29, 1.82) is 0 Å². The topological polar surface area (TPSA) is 302 Å². The first-order valence-electron chi connectivity index (χ1n) is 22.5. The zero-order valence-corrected chi connectivity index (χ0v) is 42.5. The molecule has 1 aliphatic heterocycles. The van der Waals surface area contributed by atoms with Gasteiger partial charge in [0.15, 0.2) is 0 Å². The van der Waals surface area contributed by atoms with Gasteiger partial charge in [0.2, 0.25) is 59.1 Å². The van der Waals surface area contributed by atoms with Crippen LogP contribution in [-0.4, -0.2) is 140 Å². The van der Waals surface area contributed by atoms with Crippen molar-refractivity contribution in [3.63, 3.8) is 0 Å². The average molecular weight is 937 g/mol. The van der Waals surface area contributed by atoms with Crippen molar-refractivity contribution in [3.05, 3.63) is 0 Å². The zero-order chi connectivity index (χ0) is 51.7. The number of aliphatic hydroxyl groups excluding tert-OH is 1. The normalized spacial score (nSPS) is 16.7. The van der Waals surface area contributed by atoms with Gasteiger partial charge in [0.05, 0.1) is 12.6 Å². The number of hydrogen-bond donors (Lipinski definition) is 10. The second-order valence-electron chi connectivity index (χ2n) is 21.0. The molecular formula is C45H80N10O11. The average Bonchev–Trinajstić information content (AvgIpc) is 3.65. The fourth-order valence-corrected chi connectivity index (χ4v) is 6.82. The minimum absolute atomic E-state index is 0.197. The van der Waals surface area contributed by atoms with E-state index in [0.717, 1.165) is 6.42 Å². The molecule has 0 spiro atoms. The van der Waals surface area contributed by atoms with Crippen LogP contribution in [0.25, 0.3) is 0 Å². The molecule has 21 heteroatoms. The molecular weight excluding hydrogens is 857 g/mol. The first-order chi connectivity index (χ1) is 29.8. The van der Waals surface area contributed by atoms with Crippen LogP contribution in [0, 0.1) is 11.8 Å². The van der Waals surface area contributed by atoms with Gasteiger partial charge in [-0.05, 0) is 115 Å². The Kier molecular flexibility index (Phi) is 19.9. The number of amides is 10. The molecule has 0 saturated carbocycles. The van der Waals surface area contributed by atoms with Crippen LogP contribution in [0.5, 0.6) is 0 Å². The van der Waals surface area contributed by atoms with E-state index in [4.69, 9.17) is 0 Å². The lowest BCUT2D eigenvalue weighted by molar-refractivity contribution is -0.142. The molecule has 0 aromatic carbocycles. The Labute approximate surface area is 390 Å². The molecule has 0 bridgehead atoms. The summed E-state index contributed by atoms with van der Waals surface area (Å²) in [6, 6.07) is -3.85. The van der Waals surface area contributed by atoms with Crippen molar-refractivity contribution in [2.45, 2.75) is 201 Å². The molecule has 0 aromatic rings. The van der Waals surface area contributed by atoms with Crippen molar-refractivity contribution in [2.24, 2.45) is 11.8 Å². The highest BCUT2D eigenvalue weighted by Crippen LogP contribution is 2.22. The predicted octanol–water partition coefficient (Wildman–Crippen LogP) is -0.465. The minimum Gasteiger partial charge on any atom is -0.394 e. The van der Waals surface area contributed by atoms with E-state index in [-0.39, 0.29) is 18.6 Å². The SMILES string of the molecule is CCC(C)C(NC(=O)C(C)(C)NC(=O)C(NC(=O)C(C)(C)NC(=O)C(C)(C)NC(C)=O)C(C)C)C(=O)NC(C)(C)C(=O)NC(C)(C)C(=O)NC(C)C(=O)NC(C)(C)C(=O)N1CCCC1CO. The van der Waals surface area contributed by atoms with Gasteiger partial charge in [0.1, 0.15) is 51.4 Å². The van der Waals surface area contributed by atoms with Crippen LogP contribution in [-0.2, 0) is 47.9 Å². The molecule has 1 aliphatic rings. The van der Waals surface area contributed by atoms with Crippen LogP contribution in [0.15, 0.2) is 0 Å². The summed E-state index contributed by atoms with van der Waals surface area (Å²) in [6.07, 6.45) is 1.79. The van der Waals surface area contributed by atoms with Gasteiger partial charge < -0.3 is 57.9 Å². The van der Waals surface area contributed by atoms with Gasteiger partial charge in [-0.2, -0.15) is 0 Å². The Morgan fingerprint density at radius 3 is 1.33 bits per heavy atom. The molecule has 0 aromatic heterocycles. The molecule has 0 aliphatic carbocycles. The quantitative estimate of drug-likeness (QED) is 0.0663. The van der Waals surface area contributed by atoms with E-state index in [1.807, 2.05) is 0 Å². The third-order valence-corrected chi connectivity index (χ3v) is 11.6. The smallest absolute Gasteiger partial charge is 0.248 e. The third kappa shape index (κ3) is 15.9. The molecule has 376 valence electrons. The van der Waals surface area contributed by atoms with Gasteiger partial charge in [-0.3, -0.25) is 47.9 Å². The Morgan fingerprint density at radius 1 is 0.530 bits per heavy atom. The highest BCUT2D eigenvalue weighted by atomic mass is 16.3. The number of aliphatic hydroxyl groups is 1. The summed E-state index contributed by atoms with van der Waals surface area (Å²) in [5.74, 6) is -7.52. The molecule has 1 rings (SSSR count). The summed E-state index contributed by atoms with van der Waals surface area (Å²) in [6.45, 7) is 27.1. The van der Waals surface area contributed by atoms with Crippen molar-refractivity contribution in [2.75, 3.05) is 13.2 Å². The molecule has 21 nitrogen and oxygen atoms in total. The molecule has 1 heterocycles. The van der Waals surface area contributed by atoms with Crippen LogP contribution >= 0.6 is 0 Å². The van der Waals surface area contributed by atoms with Gasteiger partial charge in [-0.1, -0.05) is 34.1 Å². The van der Waals surface area contributed by atoms with Gasteiger partial charge in [-0.25, -0.2) is 0 Å². The Balaban J connectivity index is 3.07. The predicted molar refractivity (Wildman–Crippen MR) is 247 cm³/mol. The Hall–Kier alpha value is -5.34. The molecule has 5 atom stereocenters. The largest absolute Gasteiger partial charge is 0.394 e. The maximum atomic E-state index is 13.9. The first-order valence-corrected chi connectivity index (χ1v) is 22.5. The van der Waals surface area contributed by atoms with E-state index in [0.29, 0.717) is 19.4 Å². The lowest BCUT2D eigenvalue weighted by atomic mass is 9.93.